The highest BCUT2D eigenvalue weighted by atomic mass is 19.4. The summed E-state index contributed by atoms with van der Waals surface area (Å²) < 4.78 is 46.9. The van der Waals surface area contributed by atoms with Crippen molar-refractivity contribution in [3.8, 4) is 11.5 Å². The first-order valence-corrected chi connectivity index (χ1v) is 9.54. The third-order valence-electron chi connectivity index (χ3n) is 4.43. The zero-order chi connectivity index (χ0) is 23.0. The van der Waals surface area contributed by atoms with Crippen molar-refractivity contribution in [1.82, 2.24) is 4.90 Å². The molecule has 0 bridgehead atoms. The number of carbonyl (C=O) groups excluding carboxylic acids is 2. The number of anilines is 1. The summed E-state index contributed by atoms with van der Waals surface area (Å²) in [5.74, 6) is -0.113. The maximum absolute atomic E-state index is 12.3. The van der Waals surface area contributed by atoms with E-state index >= 15 is 0 Å². The summed E-state index contributed by atoms with van der Waals surface area (Å²) >= 11 is 0. The fourth-order valence-electron chi connectivity index (χ4n) is 2.76. The minimum Gasteiger partial charge on any atom is -0.493 e. The average molecular weight is 438 g/mol. The van der Waals surface area contributed by atoms with Crippen molar-refractivity contribution in [2.45, 2.75) is 32.5 Å². The molecule has 6 nitrogen and oxygen atoms in total. The SMILES string of the molecule is COc1cc(CCC(=O)Nc2cccc(CN(C)C(C)=O)c2)ccc1OCC(F)(F)F. The van der Waals surface area contributed by atoms with E-state index < -0.39 is 12.8 Å². The molecule has 0 unspecified atom stereocenters. The molecule has 31 heavy (non-hydrogen) atoms. The molecule has 168 valence electrons. The number of alkyl halides is 3. The molecule has 0 heterocycles. The lowest BCUT2D eigenvalue weighted by Gasteiger charge is -2.15. The smallest absolute Gasteiger partial charge is 0.422 e. The highest BCUT2D eigenvalue weighted by Gasteiger charge is 2.29. The average Bonchev–Trinajstić information content (AvgIpc) is 2.70. The van der Waals surface area contributed by atoms with Gasteiger partial charge in [0, 0.05) is 32.6 Å². The number of amides is 2. The van der Waals surface area contributed by atoms with Crippen molar-refractivity contribution in [2.24, 2.45) is 0 Å². The molecule has 2 rings (SSSR count). The second-order valence-electron chi connectivity index (χ2n) is 7.01. The fourth-order valence-corrected chi connectivity index (χ4v) is 2.76. The summed E-state index contributed by atoms with van der Waals surface area (Å²) in [7, 11) is 3.03. The summed E-state index contributed by atoms with van der Waals surface area (Å²) in [6.07, 6.45) is -3.90. The van der Waals surface area contributed by atoms with Gasteiger partial charge < -0.3 is 19.7 Å². The van der Waals surface area contributed by atoms with Crippen LogP contribution in [0, 0.1) is 0 Å². The largest absolute Gasteiger partial charge is 0.493 e. The monoisotopic (exact) mass is 438 g/mol. The predicted octanol–water partition coefficient (Wildman–Crippen LogP) is 4.19. The first kappa shape index (κ1) is 24.0. The van der Waals surface area contributed by atoms with Gasteiger partial charge in [0.25, 0.3) is 0 Å². The van der Waals surface area contributed by atoms with E-state index in [-0.39, 0.29) is 29.7 Å². The van der Waals surface area contributed by atoms with Crippen LogP contribution < -0.4 is 14.8 Å². The van der Waals surface area contributed by atoms with Gasteiger partial charge in [0.05, 0.1) is 7.11 Å². The number of nitrogens with one attached hydrogen (secondary N) is 1. The Labute approximate surface area is 178 Å². The van der Waals surface area contributed by atoms with Gasteiger partial charge in [0.15, 0.2) is 18.1 Å². The van der Waals surface area contributed by atoms with Gasteiger partial charge in [-0.25, -0.2) is 0 Å². The van der Waals surface area contributed by atoms with Gasteiger partial charge in [0.2, 0.25) is 11.8 Å². The highest BCUT2D eigenvalue weighted by molar-refractivity contribution is 5.90. The molecule has 1 N–H and O–H groups in total. The molecule has 0 saturated heterocycles. The number of hydrogen-bond acceptors (Lipinski definition) is 4. The van der Waals surface area contributed by atoms with Crippen LogP contribution in [0.5, 0.6) is 11.5 Å². The molecule has 2 aromatic carbocycles. The van der Waals surface area contributed by atoms with Crippen molar-refractivity contribution in [3.05, 3.63) is 53.6 Å². The minimum absolute atomic E-state index is 0.0135. The second-order valence-corrected chi connectivity index (χ2v) is 7.01. The van der Waals surface area contributed by atoms with Gasteiger partial charge in [-0.3, -0.25) is 9.59 Å². The number of methoxy groups -OCH3 is 1. The maximum atomic E-state index is 12.3. The molecule has 0 fully saturated rings. The topological polar surface area (TPSA) is 67.9 Å². The van der Waals surface area contributed by atoms with Crippen LogP contribution in [0.25, 0.3) is 0 Å². The number of nitrogens with zero attached hydrogens (tertiary/aromatic N) is 1. The Morgan fingerprint density at radius 2 is 1.81 bits per heavy atom. The van der Waals surface area contributed by atoms with Crippen LogP contribution in [0.2, 0.25) is 0 Å². The van der Waals surface area contributed by atoms with Crippen molar-refractivity contribution in [2.75, 3.05) is 26.1 Å². The van der Waals surface area contributed by atoms with Crippen LogP contribution in [0.1, 0.15) is 24.5 Å². The highest BCUT2D eigenvalue weighted by Crippen LogP contribution is 2.30. The Hall–Kier alpha value is -3.23. The Morgan fingerprint density at radius 1 is 1.06 bits per heavy atom. The zero-order valence-corrected chi connectivity index (χ0v) is 17.6. The van der Waals surface area contributed by atoms with Gasteiger partial charge in [-0.05, 0) is 41.8 Å². The molecule has 0 aliphatic rings. The van der Waals surface area contributed by atoms with Crippen LogP contribution in [0.15, 0.2) is 42.5 Å². The van der Waals surface area contributed by atoms with E-state index in [1.807, 2.05) is 6.07 Å². The first-order valence-electron chi connectivity index (χ1n) is 9.54. The van der Waals surface area contributed by atoms with E-state index in [2.05, 4.69) is 5.32 Å². The molecule has 0 aromatic heterocycles. The van der Waals surface area contributed by atoms with E-state index in [0.717, 1.165) is 11.1 Å². The molecule has 0 aliphatic carbocycles. The Balaban J connectivity index is 1.93. The number of hydrogen-bond donors (Lipinski definition) is 1. The normalized spacial score (nSPS) is 11.0. The van der Waals surface area contributed by atoms with Crippen molar-refractivity contribution >= 4 is 17.5 Å². The molecule has 0 saturated carbocycles. The number of carbonyl (C=O) groups is 2. The van der Waals surface area contributed by atoms with Crippen LogP contribution in [-0.4, -0.2) is 43.7 Å². The second kappa shape index (κ2) is 10.7. The van der Waals surface area contributed by atoms with Gasteiger partial charge in [-0.1, -0.05) is 18.2 Å². The number of halogens is 3. The molecular weight excluding hydrogens is 413 g/mol. The van der Waals surface area contributed by atoms with E-state index in [0.29, 0.717) is 18.7 Å². The van der Waals surface area contributed by atoms with Crippen LogP contribution in [0.3, 0.4) is 0 Å². The molecule has 9 heteroatoms. The molecule has 0 aliphatic heterocycles. The summed E-state index contributed by atoms with van der Waals surface area (Å²) in [4.78, 5) is 25.2. The molecule has 0 radical (unpaired) electrons. The molecule has 2 aromatic rings. The first-order chi connectivity index (χ1) is 14.6. The van der Waals surface area contributed by atoms with E-state index in [9.17, 15) is 22.8 Å². The molecule has 0 atom stereocenters. The van der Waals surface area contributed by atoms with Crippen LogP contribution >= 0.6 is 0 Å². The molecular formula is C22H25F3N2O4. The van der Waals surface area contributed by atoms with E-state index in [1.54, 1.807) is 42.3 Å². The summed E-state index contributed by atoms with van der Waals surface area (Å²) in [5, 5.41) is 2.81. The van der Waals surface area contributed by atoms with E-state index in [4.69, 9.17) is 9.47 Å². The van der Waals surface area contributed by atoms with Crippen molar-refractivity contribution in [3.63, 3.8) is 0 Å². The fraction of sp³-hybridized carbons (Fsp3) is 0.364. The van der Waals surface area contributed by atoms with Gasteiger partial charge in [-0.2, -0.15) is 13.2 Å². The predicted molar refractivity (Wildman–Crippen MR) is 110 cm³/mol. The maximum Gasteiger partial charge on any atom is 0.422 e. The van der Waals surface area contributed by atoms with Gasteiger partial charge >= 0.3 is 6.18 Å². The lowest BCUT2D eigenvalue weighted by molar-refractivity contribution is -0.153. The summed E-state index contributed by atoms with van der Waals surface area (Å²) in [6.45, 7) is 0.504. The molecule has 0 spiro atoms. The Bertz CT molecular complexity index is 916. The third-order valence-corrected chi connectivity index (χ3v) is 4.43. The zero-order valence-electron chi connectivity index (χ0n) is 17.6. The quantitative estimate of drug-likeness (QED) is 0.638. The third kappa shape index (κ3) is 8.19. The van der Waals surface area contributed by atoms with Gasteiger partial charge in [0.1, 0.15) is 0 Å². The lowest BCUT2D eigenvalue weighted by atomic mass is 10.1. The number of aryl methyl sites for hydroxylation is 1. The van der Waals surface area contributed by atoms with Crippen molar-refractivity contribution < 1.29 is 32.2 Å². The Kier molecular flexibility index (Phi) is 8.30. The number of benzene rings is 2. The number of ether oxygens (including phenoxy) is 2. The van der Waals surface area contributed by atoms with Crippen molar-refractivity contribution in [1.29, 1.82) is 0 Å². The van der Waals surface area contributed by atoms with Crippen LogP contribution in [-0.2, 0) is 22.6 Å². The summed E-state index contributed by atoms with van der Waals surface area (Å²) in [5.41, 5.74) is 2.23. The molecule has 2 amide bonds. The van der Waals surface area contributed by atoms with Gasteiger partial charge in [-0.15, -0.1) is 0 Å². The lowest BCUT2D eigenvalue weighted by Crippen LogP contribution is -2.23. The van der Waals surface area contributed by atoms with E-state index in [1.165, 1.54) is 20.1 Å². The van der Waals surface area contributed by atoms with Crippen LogP contribution in [0.4, 0.5) is 18.9 Å². The minimum atomic E-state index is -4.44. The Morgan fingerprint density at radius 3 is 2.45 bits per heavy atom. The number of rotatable bonds is 9. The standard InChI is InChI=1S/C22H25F3N2O4/c1-15(28)27(2)13-17-5-4-6-18(11-17)26-21(29)10-8-16-7-9-19(20(12-16)30-3)31-14-22(23,24)25/h4-7,9,11-12H,8,10,13-14H2,1-3H3,(H,26,29). The summed E-state index contributed by atoms with van der Waals surface area (Å²) in [6, 6.07) is 11.8.